The Hall–Kier alpha value is -1.60. The highest BCUT2D eigenvalue weighted by Crippen LogP contribution is 2.00. The lowest BCUT2D eigenvalue weighted by atomic mass is 10.4. The van der Waals surface area contributed by atoms with Crippen LogP contribution in [-0.4, -0.2) is 42.6 Å². The minimum Gasteiger partial charge on any atom is -0.480 e. The smallest absolute Gasteiger partial charge is 0.232 e. The Bertz CT molecular complexity index is 335. The molecule has 4 nitrogen and oxygen atoms in total. The van der Waals surface area contributed by atoms with Crippen molar-refractivity contribution in [1.82, 2.24) is 14.9 Å². The molecule has 0 aliphatic heterocycles. The number of aromatic nitrogens is 2. The van der Waals surface area contributed by atoms with Gasteiger partial charge in [-0.2, -0.15) is 0 Å². The second kappa shape index (κ2) is 5.20. The molecule has 0 N–H and O–H groups in total. The average molecular weight is 191 g/mol. The van der Waals surface area contributed by atoms with E-state index >= 15 is 0 Å². The standard InChI is InChI=1S/C10H13N3O/c1-13(2)6-4-5-9-7-12-10(14-3)8-11-9/h7-8H,6H2,1-3H3. The minimum atomic E-state index is 0.503. The quantitative estimate of drug-likeness (QED) is 0.634. The first kappa shape index (κ1) is 10.5. The molecule has 1 aromatic heterocycles. The molecule has 0 aromatic carbocycles. The van der Waals surface area contributed by atoms with Crippen LogP contribution in [0, 0.1) is 11.8 Å². The van der Waals surface area contributed by atoms with Crippen LogP contribution < -0.4 is 4.74 Å². The van der Waals surface area contributed by atoms with Crippen molar-refractivity contribution in [1.29, 1.82) is 0 Å². The van der Waals surface area contributed by atoms with E-state index in [4.69, 9.17) is 4.74 Å². The molecule has 4 heteroatoms. The topological polar surface area (TPSA) is 38.2 Å². The molecule has 0 radical (unpaired) electrons. The monoisotopic (exact) mass is 191 g/mol. The van der Waals surface area contributed by atoms with Gasteiger partial charge in [-0.25, -0.2) is 9.97 Å². The van der Waals surface area contributed by atoms with E-state index in [1.165, 1.54) is 0 Å². The second-order valence-electron chi connectivity index (χ2n) is 2.98. The zero-order valence-electron chi connectivity index (χ0n) is 8.61. The Morgan fingerprint density at radius 1 is 1.36 bits per heavy atom. The third kappa shape index (κ3) is 3.42. The van der Waals surface area contributed by atoms with Gasteiger partial charge >= 0.3 is 0 Å². The molecule has 0 saturated carbocycles. The predicted octanol–water partition coefficient (Wildman–Crippen LogP) is 0.398. The lowest BCUT2D eigenvalue weighted by Gasteiger charge is -2.00. The Labute approximate surface area is 83.9 Å². The zero-order chi connectivity index (χ0) is 10.4. The van der Waals surface area contributed by atoms with E-state index in [9.17, 15) is 0 Å². The van der Waals surface area contributed by atoms with Gasteiger partial charge in [0.25, 0.3) is 0 Å². The number of hydrogen-bond acceptors (Lipinski definition) is 4. The minimum absolute atomic E-state index is 0.503. The van der Waals surface area contributed by atoms with Crippen LogP contribution in [0.15, 0.2) is 12.4 Å². The van der Waals surface area contributed by atoms with Crippen LogP contribution in [0.4, 0.5) is 0 Å². The van der Waals surface area contributed by atoms with Crippen LogP contribution >= 0.6 is 0 Å². The van der Waals surface area contributed by atoms with Crippen molar-refractivity contribution in [3.8, 4) is 17.7 Å². The van der Waals surface area contributed by atoms with Crippen molar-refractivity contribution in [3.63, 3.8) is 0 Å². The molecule has 1 rings (SSSR count). The molecule has 1 aromatic rings. The van der Waals surface area contributed by atoms with Gasteiger partial charge in [0.05, 0.1) is 26.0 Å². The van der Waals surface area contributed by atoms with Crippen LogP contribution in [0.1, 0.15) is 5.69 Å². The number of nitrogens with zero attached hydrogens (tertiary/aromatic N) is 3. The maximum Gasteiger partial charge on any atom is 0.232 e. The molecule has 0 saturated heterocycles. The molecule has 0 aliphatic carbocycles. The molecule has 0 aliphatic rings. The van der Waals surface area contributed by atoms with Crippen molar-refractivity contribution >= 4 is 0 Å². The summed E-state index contributed by atoms with van der Waals surface area (Å²) >= 11 is 0. The number of ether oxygens (including phenoxy) is 1. The van der Waals surface area contributed by atoms with E-state index in [0.717, 1.165) is 0 Å². The van der Waals surface area contributed by atoms with Crippen molar-refractivity contribution in [2.45, 2.75) is 0 Å². The molecular weight excluding hydrogens is 178 g/mol. The fourth-order valence-electron chi connectivity index (χ4n) is 0.774. The molecule has 1 heterocycles. The molecule has 0 atom stereocenters. The van der Waals surface area contributed by atoms with E-state index in [-0.39, 0.29) is 0 Å². The molecular formula is C10H13N3O. The van der Waals surface area contributed by atoms with Crippen LogP contribution in [0.3, 0.4) is 0 Å². The number of methoxy groups -OCH3 is 1. The summed E-state index contributed by atoms with van der Waals surface area (Å²) in [4.78, 5) is 10.1. The first-order chi connectivity index (χ1) is 6.72. The summed E-state index contributed by atoms with van der Waals surface area (Å²) in [5.41, 5.74) is 0.660. The molecule has 0 amide bonds. The van der Waals surface area contributed by atoms with Crippen LogP contribution in [0.25, 0.3) is 0 Å². The largest absolute Gasteiger partial charge is 0.480 e. The van der Waals surface area contributed by atoms with E-state index < -0.39 is 0 Å². The van der Waals surface area contributed by atoms with Gasteiger partial charge in [0, 0.05) is 0 Å². The highest BCUT2D eigenvalue weighted by atomic mass is 16.5. The van der Waals surface area contributed by atoms with E-state index in [2.05, 4.69) is 21.8 Å². The second-order valence-corrected chi connectivity index (χ2v) is 2.98. The first-order valence-electron chi connectivity index (χ1n) is 4.22. The zero-order valence-corrected chi connectivity index (χ0v) is 8.61. The lowest BCUT2D eigenvalue weighted by Crippen LogP contribution is -2.10. The van der Waals surface area contributed by atoms with Gasteiger partial charge in [-0.1, -0.05) is 5.92 Å². The van der Waals surface area contributed by atoms with Gasteiger partial charge in [-0.15, -0.1) is 0 Å². The van der Waals surface area contributed by atoms with Gasteiger partial charge in [0.2, 0.25) is 5.88 Å². The number of hydrogen-bond donors (Lipinski definition) is 0. The molecule has 14 heavy (non-hydrogen) atoms. The summed E-state index contributed by atoms with van der Waals surface area (Å²) in [6.07, 6.45) is 3.15. The van der Waals surface area contributed by atoms with Gasteiger partial charge in [-0.3, -0.25) is 4.90 Å². The summed E-state index contributed by atoms with van der Waals surface area (Å²) in [6, 6.07) is 0. The highest BCUT2D eigenvalue weighted by molar-refractivity contribution is 5.26. The van der Waals surface area contributed by atoms with Crippen molar-refractivity contribution in [2.24, 2.45) is 0 Å². The first-order valence-corrected chi connectivity index (χ1v) is 4.22. The molecule has 0 fully saturated rings. The maximum atomic E-state index is 4.88. The van der Waals surface area contributed by atoms with Crippen LogP contribution in [0.5, 0.6) is 5.88 Å². The highest BCUT2D eigenvalue weighted by Gasteiger charge is 1.92. The van der Waals surface area contributed by atoms with Gasteiger partial charge in [0.1, 0.15) is 5.69 Å². The van der Waals surface area contributed by atoms with Crippen LogP contribution in [-0.2, 0) is 0 Å². The van der Waals surface area contributed by atoms with Crippen molar-refractivity contribution < 1.29 is 4.74 Å². The van der Waals surface area contributed by atoms with E-state index in [1.807, 2.05) is 19.0 Å². The Morgan fingerprint density at radius 2 is 2.14 bits per heavy atom. The van der Waals surface area contributed by atoms with Gasteiger partial charge in [0.15, 0.2) is 0 Å². The summed E-state index contributed by atoms with van der Waals surface area (Å²) in [5.74, 6) is 6.38. The third-order valence-corrected chi connectivity index (χ3v) is 1.45. The van der Waals surface area contributed by atoms with Gasteiger partial charge in [-0.05, 0) is 20.0 Å². The fraction of sp³-hybridized carbons (Fsp3) is 0.400. The average Bonchev–Trinajstić information content (AvgIpc) is 2.18. The van der Waals surface area contributed by atoms with E-state index in [0.29, 0.717) is 18.1 Å². The summed E-state index contributed by atoms with van der Waals surface area (Å²) in [7, 11) is 5.49. The van der Waals surface area contributed by atoms with Gasteiger partial charge < -0.3 is 4.74 Å². The lowest BCUT2D eigenvalue weighted by molar-refractivity contribution is 0.395. The maximum absolute atomic E-state index is 4.88. The Balaban J connectivity index is 2.62. The third-order valence-electron chi connectivity index (χ3n) is 1.45. The molecule has 0 unspecified atom stereocenters. The molecule has 0 spiro atoms. The summed E-state index contributed by atoms with van der Waals surface area (Å²) in [5, 5.41) is 0. The predicted molar refractivity (Wildman–Crippen MR) is 54.0 cm³/mol. The molecule has 74 valence electrons. The summed E-state index contributed by atoms with van der Waals surface area (Å²) in [6.45, 7) is 0.716. The van der Waals surface area contributed by atoms with Crippen molar-refractivity contribution in [2.75, 3.05) is 27.7 Å². The Kier molecular flexibility index (Phi) is 3.89. The fourth-order valence-corrected chi connectivity index (χ4v) is 0.774. The van der Waals surface area contributed by atoms with E-state index in [1.54, 1.807) is 19.5 Å². The van der Waals surface area contributed by atoms with Crippen molar-refractivity contribution in [3.05, 3.63) is 18.1 Å². The SMILES string of the molecule is COc1cnc(C#CCN(C)C)cn1. The number of rotatable bonds is 2. The van der Waals surface area contributed by atoms with Crippen LogP contribution in [0.2, 0.25) is 0 Å². The Morgan fingerprint density at radius 3 is 2.64 bits per heavy atom. The molecule has 0 bridgehead atoms. The summed E-state index contributed by atoms with van der Waals surface area (Å²) < 4.78 is 4.88. The normalized spacial score (nSPS) is 9.43.